The monoisotopic (exact) mass is 260 g/mol. The molecule has 1 saturated heterocycles. The van der Waals surface area contributed by atoms with Crippen LogP contribution in [0.2, 0.25) is 0 Å². The number of halogens is 1. The maximum atomic E-state index is 13.8. The molecule has 1 aromatic heterocycles. The Balaban J connectivity index is 2.48. The van der Waals surface area contributed by atoms with Gasteiger partial charge in [-0.25, -0.2) is 4.79 Å². The molecule has 0 atom stereocenters. The van der Waals surface area contributed by atoms with Crippen molar-refractivity contribution in [3.63, 3.8) is 0 Å². The predicted octanol–water partition coefficient (Wildman–Crippen LogP) is 0.862. The molecule has 2 heterocycles. The van der Waals surface area contributed by atoms with Crippen LogP contribution in [0.5, 0.6) is 0 Å². The van der Waals surface area contributed by atoms with E-state index in [0.29, 0.717) is 0 Å². The number of nitro groups is 1. The molecule has 0 bridgehead atoms. The fraction of sp³-hybridized carbons (Fsp3) is 0.444. The molecule has 1 aliphatic heterocycles. The number of furan rings is 1. The summed E-state index contributed by atoms with van der Waals surface area (Å²) >= 11 is 0. The standard InChI is InChI=1S/C9H9FN2O6/c10-5-6(11-1-3-17-4-2-11)8(12(15)16)18-7(5)9(13)14/h1-4H2,(H,13,14). The molecule has 0 radical (unpaired) electrons. The van der Waals surface area contributed by atoms with E-state index in [4.69, 9.17) is 9.84 Å². The number of morpholine rings is 1. The molecular formula is C9H9FN2O6. The van der Waals surface area contributed by atoms with E-state index in [-0.39, 0.29) is 26.3 Å². The third kappa shape index (κ3) is 1.99. The number of anilines is 1. The molecule has 2 rings (SSSR count). The summed E-state index contributed by atoms with van der Waals surface area (Å²) in [6, 6.07) is 0. The van der Waals surface area contributed by atoms with E-state index in [0.717, 1.165) is 0 Å². The number of carboxylic acids is 1. The van der Waals surface area contributed by atoms with E-state index in [2.05, 4.69) is 4.42 Å². The lowest BCUT2D eigenvalue weighted by Crippen LogP contribution is -2.36. The van der Waals surface area contributed by atoms with Crippen LogP contribution < -0.4 is 4.90 Å². The lowest BCUT2D eigenvalue weighted by atomic mass is 10.3. The molecule has 0 amide bonds. The van der Waals surface area contributed by atoms with Crippen LogP contribution >= 0.6 is 0 Å². The number of rotatable bonds is 3. The van der Waals surface area contributed by atoms with Gasteiger partial charge < -0.3 is 19.2 Å². The SMILES string of the molecule is O=C(O)c1oc([N+](=O)[O-])c(N2CCOCC2)c1F. The molecule has 0 saturated carbocycles. The Kier molecular flexibility index (Phi) is 3.15. The first-order valence-corrected chi connectivity index (χ1v) is 5.05. The first-order chi connectivity index (χ1) is 8.52. The molecule has 0 unspecified atom stereocenters. The third-order valence-electron chi connectivity index (χ3n) is 2.50. The van der Waals surface area contributed by atoms with Crippen molar-refractivity contribution in [3.8, 4) is 0 Å². The number of ether oxygens (including phenoxy) is 1. The number of aromatic carboxylic acids is 1. The van der Waals surface area contributed by atoms with Crippen LogP contribution in [0.15, 0.2) is 4.42 Å². The smallest absolute Gasteiger partial charge is 0.460 e. The van der Waals surface area contributed by atoms with Gasteiger partial charge in [-0.15, -0.1) is 0 Å². The Bertz CT molecular complexity index is 493. The van der Waals surface area contributed by atoms with Crippen LogP contribution in [0, 0.1) is 15.9 Å². The Hall–Kier alpha value is -2.16. The van der Waals surface area contributed by atoms with Crippen molar-refractivity contribution < 1.29 is 28.4 Å². The van der Waals surface area contributed by atoms with E-state index in [1.54, 1.807) is 0 Å². The summed E-state index contributed by atoms with van der Waals surface area (Å²) in [7, 11) is 0. The van der Waals surface area contributed by atoms with Crippen molar-refractivity contribution in [2.24, 2.45) is 0 Å². The molecule has 0 aliphatic carbocycles. The van der Waals surface area contributed by atoms with Gasteiger partial charge >= 0.3 is 11.9 Å². The second kappa shape index (κ2) is 4.61. The molecule has 1 aromatic rings. The average Bonchev–Trinajstić information content (AvgIpc) is 2.68. The maximum Gasteiger partial charge on any atom is 0.460 e. The number of hydrogen-bond acceptors (Lipinski definition) is 6. The number of hydrogen-bond donors (Lipinski definition) is 1. The minimum Gasteiger partial charge on any atom is -0.475 e. The van der Waals surface area contributed by atoms with E-state index in [1.165, 1.54) is 4.90 Å². The molecule has 8 nitrogen and oxygen atoms in total. The van der Waals surface area contributed by atoms with Crippen LogP contribution in [0.1, 0.15) is 10.6 Å². The second-order valence-corrected chi connectivity index (χ2v) is 3.56. The lowest BCUT2D eigenvalue weighted by molar-refractivity contribution is -0.401. The van der Waals surface area contributed by atoms with Crippen LogP contribution in [0.3, 0.4) is 0 Å². The number of nitrogens with zero attached hydrogens (tertiary/aromatic N) is 2. The highest BCUT2D eigenvalue weighted by Crippen LogP contribution is 2.36. The quantitative estimate of drug-likeness (QED) is 0.634. The van der Waals surface area contributed by atoms with Gasteiger partial charge in [0.2, 0.25) is 5.82 Å². The second-order valence-electron chi connectivity index (χ2n) is 3.56. The summed E-state index contributed by atoms with van der Waals surface area (Å²) in [4.78, 5) is 21.8. The van der Waals surface area contributed by atoms with Crippen molar-refractivity contribution in [1.82, 2.24) is 0 Å². The van der Waals surface area contributed by atoms with Crippen LogP contribution in [-0.2, 0) is 4.74 Å². The summed E-state index contributed by atoms with van der Waals surface area (Å²) in [6.07, 6.45) is 0. The zero-order valence-electron chi connectivity index (χ0n) is 9.09. The van der Waals surface area contributed by atoms with Crippen molar-refractivity contribution in [1.29, 1.82) is 0 Å². The first-order valence-electron chi connectivity index (χ1n) is 5.05. The zero-order chi connectivity index (χ0) is 13.3. The highest BCUT2D eigenvalue weighted by Gasteiger charge is 2.36. The van der Waals surface area contributed by atoms with Crippen molar-refractivity contribution in [2.45, 2.75) is 0 Å². The first kappa shape index (κ1) is 12.3. The number of carbonyl (C=O) groups is 1. The average molecular weight is 260 g/mol. The molecule has 0 aromatic carbocycles. The topological polar surface area (TPSA) is 106 Å². The molecule has 1 aliphatic rings. The summed E-state index contributed by atoms with van der Waals surface area (Å²) < 4.78 is 23.3. The van der Waals surface area contributed by atoms with Crippen LogP contribution in [0.4, 0.5) is 16.0 Å². The van der Waals surface area contributed by atoms with Crippen LogP contribution in [-0.4, -0.2) is 42.3 Å². The van der Waals surface area contributed by atoms with E-state index >= 15 is 0 Å². The molecular weight excluding hydrogens is 251 g/mol. The normalized spacial score (nSPS) is 15.7. The fourth-order valence-electron chi connectivity index (χ4n) is 1.71. The molecule has 1 fully saturated rings. The van der Waals surface area contributed by atoms with Gasteiger partial charge in [0.05, 0.1) is 13.2 Å². The summed E-state index contributed by atoms with van der Waals surface area (Å²) in [5, 5.41) is 19.4. The molecule has 0 spiro atoms. The highest BCUT2D eigenvalue weighted by atomic mass is 19.1. The van der Waals surface area contributed by atoms with E-state index in [9.17, 15) is 19.3 Å². The lowest BCUT2D eigenvalue weighted by Gasteiger charge is -2.26. The molecule has 9 heteroatoms. The third-order valence-corrected chi connectivity index (χ3v) is 2.50. The van der Waals surface area contributed by atoms with Crippen LogP contribution in [0.25, 0.3) is 0 Å². The van der Waals surface area contributed by atoms with Gasteiger partial charge in [-0.05, 0) is 0 Å². The van der Waals surface area contributed by atoms with Gasteiger partial charge in [-0.3, -0.25) is 10.1 Å². The maximum absolute atomic E-state index is 13.8. The number of carboxylic acid groups (broad SMARTS) is 1. The fourth-order valence-corrected chi connectivity index (χ4v) is 1.71. The summed E-state index contributed by atoms with van der Waals surface area (Å²) in [5.74, 6) is -4.86. The van der Waals surface area contributed by atoms with Crippen molar-refractivity contribution >= 4 is 17.5 Å². The van der Waals surface area contributed by atoms with Crippen molar-refractivity contribution in [2.75, 3.05) is 31.2 Å². The minimum absolute atomic E-state index is 0.232. The van der Waals surface area contributed by atoms with Gasteiger partial charge in [0.1, 0.15) is 4.92 Å². The summed E-state index contributed by atoms with van der Waals surface area (Å²) in [6.45, 7) is 1.03. The van der Waals surface area contributed by atoms with Crippen molar-refractivity contribution in [3.05, 3.63) is 21.7 Å². The molecule has 98 valence electrons. The Labute approximate surface area is 99.7 Å². The Morgan fingerprint density at radius 1 is 1.44 bits per heavy atom. The highest BCUT2D eigenvalue weighted by molar-refractivity contribution is 5.87. The van der Waals surface area contributed by atoms with Gasteiger partial charge in [0.25, 0.3) is 5.76 Å². The predicted molar refractivity (Wildman–Crippen MR) is 55.3 cm³/mol. The largest absolute Gasteiger partial charge is 0.475 e. The van der Waals surface area contributed by atoms with E-state index in [1.807, 2.05) is 0 Å². The Morgan fingerprint density at radius 2 is 2.06 bits per heavy atom. The van der Waals surface area contributed by atoms with Gasteiger partial charge in [-0.1, -0.05) is 0 Å². The van der Waals surface area contributed by atoms with Gasteiger partial charge in [0, 0.05) is 13.1 Å². The van der Waals surface area contributed by atoms with E-state index < -0.39 is 34.0 Å². The zero-order valence-corrected chi connectivity index (χ0v) is 9.09. The minimum atomic E-state index is -1.69. The Morgan fingerprint density at radius 3 is 2.56 bits per heavy atom. The molecule has 18 heavy (non-hydrogen) atoms. The summed E-state index contributed by atoms with van der Waals surface area (Å²) in [5.41, 5.74) is -0.430. The van der Waals surface area contributed by atoms with Gasteiger partial charge in [-0.2, -0.15) is 4.39 Å². The molecule has 1 N–H and O–H groups in total. The van der Waals surface area contributed by atoms with Gasteiger partial charge in [0.15, 0.2) is 5.69 Å².